The van der Waals surface area contributed by atoms with Gasteiger partial charge in [0.1, 0.15) is 5.82 Å². The van der Waals surface area contributed by atoms with Crippen molar-refractivity contribution in [2.24, 2.45) is 0 Å². The van der Waals surface area contributed by atoms with Crippen LogP contribution in [0.3, 0.4) is 0 Å². The maximum Gasteiger partial charge on any atom is 0.214 e. The summed E-state index contributed by atoms with van der Waals surface area (Å²) in [6, 6.07) is 16.2. The fourth-order valence-corrected chi connectivity index (χ4v) is 2.84. The van der Waals surface area contributed by atoms with Crippen molar-refractivity contribution in [1.82, 2.24) is 14.9 Å². The molecule has 0 fully saturated rings. The van der Waals surface area contributed by atoms with E-state index in [9.17, 15) is 0 Å². The monoisotopic (exact) mass is 370 g/mol. The average Bonchev–Trinajstić information content (AvgIpc) is 2.99. The summed E-state index contributed by atoms with van der Waals surface area (Å²) in [5.41, 5.74) is 5.54. The molecule has 3 rings (SSSR count). The van der Waals surface area contributed by atoms with Gasteiger partial charge in [0.25, 0.3) is 0 Å². The van der Waals surface area contributed by atoms with Gasteiger partial charge < -0.3 is 14.9 Å². The van der Waals surface area contributed by atoms with Crippen molar-refractivity contribution in [2.45, 2.75) is 19.9 Å². The van der Waals surface area contributed by atoms with Gasteiger partial charge in [-0.15, -0.1) is 0 Å². The molecule has 7 heteroatoms. The molecule has 0 saturated heterocycles. The molecule has 2 aromatic carbocycles. The average molecular weight is 370 g/mol. The fourth-order valence-electron chi connectivity index (χ4n) is 2.60. The lowest BCUT2D eigenvalue weighted by Gasteiger charge is -2.13. The molecule has 0 atom stereocenters. The Labute approximate surface area is 157 Å². The number of aromatic amines is 1. The third-order valence-electron chi connectivity index (χ3n) is 4.00. The zero-order valence-electron chi connectivity index (χ0n) is 14.9. The minimum absolute atomic E-state index is 0.537. The minimum atomic E-state index is 0.537. The van der Waals surface area contributed by atoms with E-state index in [-0.39, 0.29) is 0 Å². The Bertz CT molecular complexity index is 905. The van der Waals surface area contributed by atoms with Crippen LogP contribution in [-0.2, 0) is 13.0 Å². The van der Waals surface area contributed by atoms with Crippen molar-refractivity contribution in [2.75, 3.05) is 19.1 Å². The molecule has 0 amide bonds. The summed E-state index contributed by atoms with van der Waals surface area (Å²) in [5, 5.41) is 6.82. The van der Waals surface area contributed by atoms with Gasteiger partial charge in [-0.2, -0.15) is 5.10 Å². The van der Waals surface area contributed by atoms with Crippen molar-refractivity contribution < 1.29 is 9.47 Å². The topological polar surface area (TPSA) is 64.1 Å². The summed E-state index contributed by atoms with van der Waals surface area (Å²) < 4.78 is 13.6. The molecule has 2 N–H and O–H groups in total. The van der Waals surface area contributed by atoms with Gasteiger partial charge in [-0.1, -0.05) is 36.4 Å². The Balaban J connectivity index is 1.61. The number of hydrogen-bond donors (Lipinski definition) is 2. The van der Waals surface area contributed by atoms with E-state index in [0.29, 0.717) is 23.7 Å². The molecule has 0 unspecified atom stereocenters. The molecule has 6 nitrogen and oxygen atoms in total. The summed E-state index contributed by atoms with van der Waals surface area (Å²) >= 11 is 5.18. The second-order valence-corrected chi connectivity index (χ2v) is 6.20. The van der Waals surface area contributed by atoms with Crippen molar-refractivity contribution >= 4 is 12.2 Å². The Morgan fingerprint density at radius 3 is 2.62 bits per heavy atom. The Hall–Kier alpha value is -2.80. The minimum Gasteiger partial charge on any atom is -0.493 e. The van der Waals surface area contributed by atoms with Gasteiger partial charge in [-0.25, -0.2) is 4.68 Å². The first kappa shape index (κ1) is 18.0. The van der Waals surface area contributed by atoms with E-state index >= 15 is 0 Å². The number of H-pyrrole nitrogens is 1. The third kappa shape index (κ3) is 4.43. The lowest BCUT2D eigenvalue weighted by Crippen LogP contribution is -2.16. The summed E-state index contributed by atoms with van der Waals surface area (Å²) in [4.78, 5) is 0. The number of aryl methyl sites for hydroxylation is 1. The number of hydrogen-bond acceptors (Lipinski definition) is 5. The third-order valence-corrected chi connectivity index (χ3v) is 4.27. The highest BCUT2D eigenvalue weighted by Gasteiger charge is 2.07. The van der Waals surface area contributed by atoms with Crippen LogP contribution in [0.1, 0.15) is 17.0 Å². The van der Waals surface area contributed by atoms with Crippen LogP contribution in [0.2, 0.25) is 0 Å². The molecule has 0 aliphatic rings. The highest BCUT2D eigenvalue weighted by molar-refractivity contribution is 7.71. The van der Waals surface area contributed by atoms with E-state index in [4.69, 9.17) is 21.7 Å². The number of nitrogens with zero attached hydrogens (tertiary/aromatic N) is 2. The maximum absolute atomic E-state index is 5.89. The zero-order chi connectivity index (χ0) is 18.4. The van der Waals surface area contributed by atoms with Gasteiger partial charge in [0, 0.05) is 6.42 Å². The van der Waals surface area contributed by atoms with Crippen LogP contribution in [0.15, 0.2) is 48.5 Å². The smallest absolute Gasteiger partial charge is 0.214 e. The molecule has 1 aromatic heterocycles. The molecule has 26 heavy (non-hydrogen) atoms. The lowest BCUT2D eigenvalue weighted by molar-refractivity contribution is 0.297. The van der Waals surface area contributed by atoms with E-state index in [0.717, 1.165) is 23.6 Å². The Kier molecular flexibility index (Phi) is 5.91. The van der Waals surface area contributed by atoms with Crippen LogP contribution in [-0.4, -0.2) is 28.6 Å². The number of rotatable bonds is 8. The predicted molar refractivity (Wildman–Crippen MR) is 104 cm³/mol. The highest BCUT2D eigenvalue weighted by Crippen LogP contribution is 2.28. The van der Waals surface area contributed by atoms with E-state index in [2.05, 4.69) is 27.8 Å². The quantitative estimate of drug-likeness (QED) is 0.593. The van der Waals surface area contributed by atoms with Crippen LogP contribution in [0, 0.1) is 11.7 Å². The number of ether oxygens (including phenoxy) is 2. The number of nitrogens with one attached hydrogen (secondary N) is 2. The molecular formula is C19H22N4O2S. The number of methoxy groups -OCH3 is 1. The van der Waals surface area contributed by atoms with Crippen LogP contribution in [0.4, 0.5) is 0 Å². The van der Waals surface area contributed by atoms with Gasteiger partial charge >= 0.3 is 0 Å². The number of benzene rings is 2. The van der Waals surface area contributed by atoms with E-state index in [1.165, 1.54) is 5.56 Å². The molecule has 1 heterocycles. The second-order valence-electron chi connectivity index (χ2n) is 5.82. The molecular weight excluding hydrogens is 348 g/mol. The van der Waals surface area contributed by atoms with Gasteiger partial charge in [0.15, 0.2) is 11.5 Å². The van der Waals surface area contributed by atoms with Gasteiger partial charge in [-0.05, 0) is 42.4 Å². The maximum atomic E-state index is 5.89. The van der Waals surface area contributed by atoms with Crippen molar-refractivity contribution in [1.29, 1.82) is 0 Å². The molecule has 0 saturated carbocycles. The Morgan fingerprint density at radius 1 is 1.12 bits per heavy atom. The van der Waals surface area contributed by atoms with Gasteiger partial charge in [-0.3, -0.25) is 5.10 Å². The molecule has 0 bridgehead atoms. The summed E-state index contributed by atoms with van der Waals surface area (Å²) in [6.45, 7) is 3.07. The van der Waals surface area contributed by atoms with Crippen LogP contribution >= 0.6 is 12.2 Å². The first-order valence-electron chi connectivity index (χ1n) is 8.39. The summed E-state index contributed by atoms with van der Waals surface area (Å²) in [6.07, 6.45) is 0.852. The molecule has 136 valence electrons. The lowest BCUT2D eigenvalue weighted by atomic mass is 10.2. The molecule has 3 aromatic rings. The van der Waals surface area contributed by atoms with Crippen LogP contribution < -0.4 is 14.9 Å². The zero-order valence-corrected chi connectivity index (χ0v) is 15.7. The summed E-state index contributed by atoms with van der Waals surface area (Å²) in [7, 11) is 1.65. The van der Waals surface area contributed by atoms with Crippen LogP contribution in [0.5, 0.6) is 11.5 Å². The standard InChI is InChI=1S/C19H22N4O2S/c1-14-21-22-19(26)23(14)20-13-16-8-9-17(18(12-16)24-2)25-11-10-15-6-4-3-5-7-15/h3-9,12,20H,10-11,13H2,1-2H3,(H,22,26). The van der Waals surface area contributed by atoms with Crippen LogP contribution in [0.25, 0.3) is 0 Å². The Morgan fingerprint density at radius 2 is 1.92 bits per heavy atom. The van der Waals surface area contributed by atoms with Crippen molar-refractivity contribution in [3.05, 3.63) is 70.3 Å². The first-order valence-corrected chi connectivity index (χ1v) is 8.79. The summed E-state index contributed by atoms with van der Waals surface area (Å²) in [5.74, 6) is 2.23. The van der Waals surface area contributed by atoms with Gasteiger partial charge in [0.2, 0.25) is 4.77 Å². The number of aromatic nitrogens is 3. The van der Waals surface area contributed by atoms with Gasteiger partial charge in [0.05, 0.1) is 20.3 Å². The largest absolute Gasteiger partial charge is 0.493 e. The molecule has 0 spiro atoms. The molecule has 0 aliphatic heterocycles. The highest BCUT2D eigenvalue weighted by atomic mass is 32.1. The van der Waals surface area contributed by atoms with E-state index in [1.807, 2.05) is 43.3 Å². The van der Waals surface area contributed by atoms with E-state index < -0.39 is 0 Å². The SMILES string of the molecule is COc1cc(CNn2c(C)n[nH]c2=S)ccc1OCCc1ccccc1. The van der Waals surface area contributed by atoms with Crippen molar-refractivity contribution in [3.8, 4) is 11.5 Å². The van der Waals surface area contributed by atoms with Crippen molar-refractivity contribution in [3.63, 3.8) is 0 Å². The first-order chi connectivity index (χ1) is 12.7. The molecule has 0 aliphatic carbocycles. The second kappa shape index (κ2) is 8.53. The molecule has 0 radical (unpaired) electrons. The predicted octanol–water partition coefficient (Wildman–Crippen LogP) is 3.62. The van der Waals surface area contributed by atoms with E-state index in [1.54, 1.807) is 11.8 Å². The normalized spacial score (nSPS) is 10.5. The fraction of sp³-hybridized carbons (Fsp3) is 0.263.